The number of fused-ring (bicyclic) bond motifs is 6. The third kappa shape index (κ3) is 4.42. The second kappa shape index (κ2) is 10.6. The Morgan fingerprint density at radius 2 is 1.00 bits per heavy atom. The number of benzene rings is 7. The summed E-state index contributed by atoms with van der Waals surface area (Å²) in [5, 5.41) is 7.73. The van der Waals surface area contributed by atoms with Crippen LogP contribution in [0.1, 0.15) is 0 Å². The minimum Gasteiger partial charge on any atom is -0.248 e. The zero-order chi connectivity index (χ0) is 29.7. The molecule has 0 fully saturated rings. The fraction of sp³-hybridized carbons (Fsp3) is 0. The lowest BCUT2D eigenvalue weighted by molar-refractivity contribution is 1.32. The molecule has 0 aliphatic heterocycles. The molecule has 0 aliphatic carbocycles. The van der Waals surface area contributed by atoms with Crippen molar-refractivity contribution in [1.29, 1.82) is 0 Å². The minimum absolute atomic E-state index is 0.980. The Kier molecular flexibility index (Phi) is 6.07. The predicted molar refractivity (Wildman–Crippen MR) is 194 cm³/mol. The first-order chi connectivity index (χ1) is 22.3. The van der Waals surface area contributed by atoms with Crippen LogP contribution in [-0.4, -0.2) is 4.98 Å². The van der Waals surface area contributed by atoms with Crippen LogP contribution in [0.4, 0.5) is 0 Å². The Hall–Kier alpha value is -5.57. The van der Waals surface area contributed by atoms with Gasteiger partial charge in [0, 0.05) is 31.3 Å². The van der Waals surface area contributed by atoms with E-state index in [0.717, 1.165) is 22.5 Å². The van der Waals surface area contributed by atoms with E-state index in [-0.39, 0.29) is 0 Å². The van der Waals surface area contributed by atoms with Gasteiger partial charge in [-0.05, 0) is 68.1 Å². The van der Waals surface area contributed by atoms with Crippen molar-refractivity contribution >= 4 is 53.1 Å². The summed E-state index contributed by atoms with van der Waals surface area (Å²) in [7, 11) is 0. The van der Waals surface area contributed by atoms with Gasteiger partial charge in [-0.25, -0.2) is 4.98 Å². The van der Waals surface area contributed by atoms with Crippen molar-refractivity contribution < 1.29 is 0 Å². The fourth-order valence-corrected chi connectivity index (χ4v) is 7.96. The molecule has 9 rings (SSSR count). The van der Waals surface area contributed by atoms with E-state index >= 15 is 0 Å². The quantitative estimate of drug-likeness (QED) is 0.186. The summed E-state index contributed by atoms with van der Waals surface area (Å²) in [5.41, 5.74) is 9.13. The van der Waals surface area contributed by atoms with E-state index in [2.05, 4.69) is 164 Å². The Labute approximate surface area is 265 Å². The van der Waals surface area contributed by atoms with E-state index in [1.54, 1.807) is 0 Å². The largest absolute Gasteiger partial charge is 0.248 e. The van der Waals surface area contributed by atoms with E-state index in [4.69, 9.17) is 4.98 Å². The number of aromatic nitrogens is 1. The van der Waals surface area contributed by atoms with Crippen molar-refractivity contribution in [3.05, 3.63) is 164 Å². The molecule has 0 saturated heterocycles. The molecule has 210 valence electrons. The second-order valence-electron chi connectivity index (χ2n) is 11.5. The Balaban J connectivity index is 1.25. The molecule has 0 aliphatic rings. The van der Waals surface area contributed by atoms with Gasteiger partial charge in [0.25, 0.3) is 0 Å². The average molecular weight is 590 g/mol. The normalized spacial score (nSPS) is 11.6. The SMILES string of the molecule is c1ccc(-c2cc(-c3cccc4sc5c(-c6ccc7c(ccc8ccccc87)c6)cccc5c34)cc(-c3ccccc3)n2)cc1. The third-order valence-corrected chi connectivity index (χ3v) is 10.1. The molecule has 2 heterocycles. The van der Waals surface area contributed by atoms with Gasteiger partial charge >= 0.3 is 0 Å². The smallest absolute Gasteiger partial charge is 0.0715 e. The number of pyridine rings is 1. The third-order valence-electron chi connectivity index (χ3n) is 8.85. The molecule has 2 aromatic heterocycles. The van der Waals surface area contributed by atoms with Crippen LogP contribution in [-0.2, 0) is 0 Å². The zero-order valence-corrected chi connectivity index (χ0v) is 25.3. The lowest BCUT2D eigenvalue weighted by Gasteiger charge is -2.12. The van der Waals surface area contributed by atoms with Gasteiger partial charge in [0.05, 0.1) is 11.4 Å². The molecule has 2 heteroatoms. The molecule has 0 radical (unpaired) electrons. The Bertz CT molecular complexity index is 2470. The molecule has 0 bridgehead atoms. The Morgan fingerprint density at radius 3 is 1.78 bits per heavy atom. The average Bonchev–Trinajstić information content (AvgIpc) is 3.51. The molecular weight excluding hydrogens is 563 g/mol. The van der Waals surface area contributed by atoms with E-state index in [9.17, 15) is 0 Å². The van der Waals surface area contributed by atoms with Gasteiger partial charge in [0.2, 0.25) is 0 Å². The fourth-order valence-electron chi connectivity index (χ4n) is 6.70. The highest BCUT2D eigenvalue weighted by Gasteiger charge is 2.16. The van der Waals surface area contributed by atoms with Gasteiger partial charge in [-0.1, -0.05) is 140 Å². The molecule has 0 unspecified atom stereocenters. The first kappa shape index (κ1) is 25.9. The summed E-state index contributed by atoms with van der Waals surface area (Å²) in [4.78, 5) is 5.13. The Morgan fingerprint density at radius 1 is 0.378 bits per heavy atom. The van der Waals surface area contributed by atoms with Gasteiger partial charge < -0.3 is 0 Å². The maximum absolute atomic E-state index is 5.13. The highest BCUT2D eigenvalue weighted by atomic mass is 32.1. The predicted octanol–water partition coefficient (Wildman–Crippen LogP) is 12.4. The summed E-state index contributed by atoms with van der Waals surface area (Å²) in [6.45, 7) is 0. The van der Waals surface area contributed by atoms with Crippen LogP contribution < -0.4 is 0 Å². The van der Waals surface area contributed by atoms with Crippen molar-refractivity contribution in [3.63, 3.8) is 0 Å². The molecule has 9 aromatic rings. The number of rotatable bonds is 4. The van der Waals surface area contributed by atoms with Crippen molar-refractivity contribution in [2.45, 2.75) is 0 Å². The van der Waals surface area contributed by atoms with Crippen molar-refractivity contribution in [3.8, 4) is 44.8 Å². The maximum Gasteiger partial charge on any atom is 0.0715 e. The standard InChI is InChI=1S/C43H27NS/c1-3-12-29(13-4-1)39-26-33(27-40(44-39)30-14-5-2-6-15-30)36-17-10-20-41-42(36)38-19-9-18-37(43(38)45-41)32-23-24-35-31(25-32)22-21-28-11-7-8-16-34(28)35/h1-27H. The molecule has 45 heavy (non-hydrogen) atoms. The van der Waals surface area contributed by atoms with Crippen molar-refractivity contribution in [2.24, 2.45) is 0 Å². The van der Waals surface area contributed by atoms with Gasteiger partial charge in [-0.15, -0.1) is 11.3 Å². The second-order valence-corrected chi connectivity index (χ2v) is 12.6. The highest BCUT2D eigenvalue weighted by Crippen LogP contribution is 2.45. The van der Waals surface area contributed by atoms with Gasteiger partial charge in [0.15, 0.2) is 0 Å². The van der Waals surface area contributed by atoms with Crippen LogP contribution in [0, 0.1) is 0 Å². The van der Waals surface area contributed by atoms with Gasteiger partial charge in [0.1, 0.15) is 0 Å². The van der Waals surface area contributed by atoms with Crippen LogP contribution in [0.25, 0.3) is 86.5 Å². The first-order valence-corrected chi connectivity index (χ1v) is 16.1. The molecular formula is C43H27NS. The number of thiophene rings is 1. The topological polar surface area (TPSA) is 12.9 Å². The van der Waals surface area contributed by atoms with E-state index in [1.807, 2.05) is 11.3 Å². The van der Waals surface area contributed by atoms with Crippen LogP contribution in [0.5, 0.6) is 0 Å². The van der Waals surface area contributed by atoms with E-state index in [0.29, 0.717) is 0 Å². The van der Waals surface area contributed by atoms with Crippen LogP contribution in [0.15, 0.2) is 164 Å². The molecule has 0 N–H and O–H groups in total. The van der Waals surface area contributed by atoms with Crippen LogP contribution in [0.2, 0.25) is 0 Å². The summed E-state index contributed by atoms with van der Waals surface area (Å²) in [6.07, 6.45) is 0. The van der Waals surface area contributed by atoms with Crippen LogP contribution >= 0.6 is 11.3 Å². The van der Waals surface area contributed by atoms with Crippen molar-refractivity contribution in [2.75, 3.05) is 0 Å². The molecule has 0 spiro atoms. The van der Waals surface area contributed by atoms with E-state index in [1.165, 1.54) is 64.0 Å². The summed E-state index contributed by atoms with van der Waals surface area (Å²) in [6, 6.07) is 59.0. The maximum atomic E-state index is 5.13. The number of nitrogens with zero attached hydrogens (tertiary/aromatic N) is 1. The first-order valence-electron chi connectivity index (χ1n) is 15.3. The van der Waals surface area contributed by atoms with Gasteiger partial charge in [-0.3, -0.25) is 0 Å². The molecule has 0 amide bonds. The molecule has 1 nitrogen and oxygen atoms in total. The number of hydrogen-bond acceptors (Lipinski definition) is 2. The van der Waals surface area contributed by atoms with Gasteiger partial charge in [-0.2, -0.15) is 0 Å². The lowest BCUT2D eigenvalue weighted by atomic mass is 9.94. The minimum atomic E-state index is 0.980. The molecule has 7 aromatic carbocycles. The highest BCUT2D eigenvalue weighted by molar-refractivity contribution is 7.26. The molecule has 0 saturated carbocycles. The lowest BCUT2D eigenvalue weighted by Crippen LogP contribution is -1.91. The zero-order valence-electron chi connectivity index (χ0n) is 24.4. The summed E-state index contributed by atoms with van der Waals surface area (Å²) >= 11 is 1.89. The number of hydrogen-bond donors (Lipinski definition) is 0. The van der Waals surface area contributed by atoms with Crippen LogP contribution in [0.3, 0.4) is 0 Å². The summed E-state index contributed by atoms with van der Waals surface area (Å²) < 4.78 is 2.61. The van der Waals surface area contributed by atoms with E-state index < -0.39 is 0 Å². The summed E-state index contributed by atoms with van der Waals surface area (Å²) in [5.74, 6) is 0. The van der Waals surface area contributed by atoms with Crippen molar-refractivity contribution in [1.82, 2.24) is 4.98 Å². The monoisotopic (exact) mass is 589 g/mol. The molecule has 0 atom stereocenters.